The fourth-order valence-corrected chi connectivity index (χ4v) is 3.40. The number of hydrogen-bond acceptors (Lipinski definition) is 7. The van der Waals surface area contributed by atoms with Crippen molar-refractivity contribution in [3.63, 3.8) is 0 Å². The van der Waals surface area contributed by atoms with Crippen molar-refractivity contribution < 1.29 is 33.3 Å². The van der Waals surface area contributed by atoms with Crippen molar-refractivity contribution in [1.82, 2.24) is 9.88 Å². The van der Waals surface area contributed by atoms with Crippen LogP contribution in [0.1, 0.15) is 22.6 Å². The number of hydrogen-bond donors (Lipinski definition) is 1. The van der Waals surface area contributed by atoms with Crippen LogP contribution in [-0.4, -0.2) is 34.0 Å². The average Bonchev–Trinajstić information content (AvgIpc) is 3.28. The van der Waals surface area contributed by atoms with E-state index in [9.17, 15) is 9.59 Å². The van der Waals surface area contributed by atoms with Crippen molar-refractivity contribution in [2.24, 2.45) is 0 Å². The van der Waals surface area contributed by atoms with Gasteiger partial charge in [0.2, 0.25) is 5.89 Å². The third kappa shape index (κ3) is 7.11. The van der Waals surface area contributed by atoms with Gasteiger partial charge < -0.3 is 23.7 Å². The Balaban J connectivity index is 1.37. The number of ether oxygens (including phenoxy) is 3. The van der Waals surface area contributed by atoms with Gasteiger partial charge in [-0.1, -0.05) is 48.0 Å². The number of carboxylic acid groups (broad SMARTS) is 1. The number of aryl methyl sites for hydroxylation is 2. The van der Waals surface area contributed by atoms with Crippen LogP contribution in [0, 0.1) is 13.8 Å². The summed E-state index contributed by atoms with van der Waals surface area (Å²) < 4.78 is 21.6. The lowest BCUT2D eigenvalue weighted by Gasteiger charge is -2.21. The van der Waals surface area contributed by atoms with E-state index < -0.39 is 19.0 Å². The van der Waals surface area contributed by atoms with E-state index in [0.29, 0.717) is 28.8 Å². The van der Waals surface area contributed by atoms with Gasteiger partial charge in [0.25, 0.3) is 0 Å². The zero-order chi connectivity index (χ0) is 26.2. The van der Waals surface area contributed by atoms with Crippen molar-refractivity contribution in [3.8, 4) is 23.0 Å². The van der Waals surface area contributed by atoms with E-state index in [0.717, 1.165) is 21.6 Å². The molecular weight excluding hydrogens is 476 g/mol. The number of amides is 1. The van der Waals surface area contributed by atoms with Crippen molar-refractivity contribution >= 4 is 12.2 Å². The van der Waals surface area contributed by atoms with E-state index >= 15 is 0 Å². The molecule has 0 unspecified atom stereocenters. The highest BCUT2D eigenvalue weighted by molar-refractivity contribution is 5.71. The molecule has 37 heavy (non-hydrogen) atoms. The predicted octanol–water partition coefficient (Wildman–Crippen LogP) is 6.19. The van der Waals surface area contributed by atoms with Crippen LogP contribution in [0.15, 0.2) is 83.3 Å². The number of rotatable bonds is 9. The highest BCUT2D eigenvalue weighted by Crippen LogP contribution is 2.23. The maximum atomic E-state index is 12.7. The fraction of sp³-hybridized carbons (Fsp3) is 0.179. The number of carbonyl (C=O) groups excluding carboxylic acids is 1. The zero-order valence-electron chi connectivity index (χ0n) is 20.4. The molecule has 0 bridgehead atoms. The van der Waals surface area contributed by atoms with Gasteiger partial charge in [0.15, 0.2) is 6.73 Å². The molecule has 4 aromatic rings. The van der Waals surface area contributed by atoms with Gasteiger partial charge in [-0.3, -0.25) is 4.90 Å². The first kappa shape index (κ1) is 25.3. The summed E-state index contributed by atoms with van der Waals surface area (Å²) in [4.78, 5) is 29.2. The molecule has 0 aliphatic rings. The van der Waals surface area contributed by atoms with Gasteiger partial charge in [-0.2, -0.15) is 0 Å². The molecule has 0 saturated heterocycles. The lowest BCUT2D eigenvalue weighted by Crippen LogP contribution is -2.35. The standard InChI is InChI=1S/C28H26N2O7/c1-19-8-12-24(13-9-19)37-27(31)30(18-35-28(32)33)16-21-10-14-23(15-11-21)34-17-25-20(2)36-26(29-25)22-6-4-3-5-7-22/h3-15H,16-18H2,1-2H3,(H,32,33). The van der Waals surface area contributed by atoms with E-state index in [2.05, 4.69) is 9.72 Å². The Kier molecular flexibility index (Phi) is 8.05. The largest absolute Gasteiger partial charge is 0.507 e. The third-order valence-corrected chi connectivity index (χ3v) is 5.41. The van der Waals surface area contributed by atoms with Crippen molar-refractivity contribution in [2.45, 2.75) is 27.0 Å². The Bertz CT molecular complexity index is 1330. The smallest absolute Gasteiger partial charge is 0.487 e. The first-order valence-corrected chi connectivity index (χ1v) is 11.5. The summed E-state index contributed by atoms with van der Waals surface area (Å²) in [5.74, 6) is 2.16. The van der Waals surface area contributed by atoms with Crippen molar-refractivity contribution in [1.29, 1.82) is 0 Å². The first-order chi connectivity index (χ1) is 17.9. The van der Waals surface area contributed by atoms with Gasteiger partial charge in [-0.05, 0) is 55.8 Å². The second-order valence-corrected chi connectivity index (χ2v) is 8.24. The summed E-state index contributed by atoms with van der Waals surface area (Å²) in [7, 11) is 0. The van der Waals surface area contributed by atoms with Gasteiger partial charge >= 0.3 is 12.2 Å². The predicted molar refractivity (Wildman–Crippen MR) is 134 cm³/mol. The van der Waals surface area contributed by atoms with Crippen molar-refractivity contribution in [3.05, 3.63) is 101 Å². The molecular formula is C28H26N2O7. The first-order valence-electron chi connectivity index (χ1n) is 11.5. The fourth-order valence-electron chi connectivity index (χ4n) is 3.40. The summed E-state index contributed by atoms with van der Waals surface area (Å²) in [6.45, 7) is 3.57. The van der Waals surface area contributed by atoms with Gasteiger partial charge in [0.1, 0.15) is 29.6 Å². The molecule has 1 N–H and O–H groups in total. The van der Waals surface area contributed by atoms with E-state index in [1.165, 1.54) is 0 Å². The maximum absolute atomic E-state index is 12.7. The zero-order valence-corrected chi connectivity index (χ0v) is 20.4. The molecule has 1 aromatic heterocycles. The van der Waals surface area contributed by atoms with Gasteiger partial charge in [-0.15, -0.1) is 0 Å². The molecule has 1 amide bonds. The molecule has 0 aliphatic carbocycles. The van der Waals surface area contributed by atoms with Crippen LogP contribution in [-0.2, 0) is 17.9 Å². The molecule has 0 aliphatic heterocycles. The highest BCUT2D eigenvalue weighted by atomic mass is 16.7. The van der Waals surface area contributed by atoms with Gasteiger partial charge in [-0.25, -0.2) is 14.6 Å². The average molecular weight is 503 g/mol. The lowest BCUT2D eigenvalue weighted by atomic mass is 10.2. The van der Waals surface area contributed by atoms with E-state index in [4.69, 9.17) is 19.0 Å². The normalized spacial score (nSPS) is 10.5. The summed E-state index contributed by atoms with van der Waals surface area (Å²) >= 11 is 0. The molecule has 1 heterocycles. The number of oxazole rings is 1. The SMILES string of the molecule is Cc1ccc(OC(=O)N(COC(=O)O)Cc2ccc(OCc3nc(-c4ccccc4)oc3C)cc2)cc1. The van der Waals surface area contributed by atoms with Gasteiger partial charge in [0.05, 0.1) is 6.54 Å². The summed E-state index contributed by atoms with van der Waals surface area (Å²) in [6.07, 6.45) is -2.23. The van der Waals surface area contributed by atoms with Crippen LogP contribution >= 0.6 is 0 Å². The minimum absolute atomic E-state index is 0.0705. The molecule has 3 aromatic carbocycles. The monoisotopic (exact) mass is 502 g/mol. The molecule has 0 radical (unpaired) electrons. The number of nitrogens with zero attached hydrogens (tertiary/aromatic N) is 2. The van der Waals surface area contributed by atoms with Crippen LogP contribution in [0.25, 0.3) is 11.5 Å². The Morgan fingerprint density at radius 2 is 1.59 bits per heavy atom. The van der Waals surface area contributed by atoms with Crippen LogP contribution in [0.2, 0.25) is 0 Å². The summed E-state index contributed by atoms with van der Waals surface area (Å²) in [5.41, 5.74) is 3.33. The third-order valence-electron chi connectivity index (χ3n) is 5.41. The molecule has 0 spiro atoms. The van der Waals surface area contributed by atoms with Crippen LogP contribution < -0.4 is 9.47 Å². The van der Waals surface area contributed by atoms with E-state index in [1.54, 1.807) is 36.4 Å². The molecule has 0 atom stereocenters. The Morgan fingerprint density at radius 3 is 2.27 bits per heavy atom. The highest BCUT2D eigenvalue weighted by Gasteiger charge is 2.19. The second kappa shape index (κ2) is 11.8. The molecule has 0 fully saturated rings. The molecule has 9 nitrogen and oxygen atoms in total. The van der Waals surface area contributed by atoms with E-state index in [1.807, 2.05) is 56.3 Å². The molecule has 4 rings (SSSR count). The minimum atomic E-state index is -1.49. The molecule has 0 saturated carbocycles. The lowest BCUT2D eigenvalue weighted by molar-refractivity contribution is 0.0364. The number of carbonyl (C=O) groups is 2. The number of benzene rings is 3. The molecule has 9 heteroatoms. The Labute approximate surface area is 213 Å². The maximum Gasteiger partial charge on any atom is 0.507 e. The van der Waals surface area contributed by atoms with Crippen molar-refractivity contribution in [2.75, 3.05) is 6.73 Å². The molecule has 190 valence electrons. The van der Waals surface area contributed by atoms with Gasteiger partial charge in [0, 0.05) is 5.56 Å². The minimum Gasteiger partial charge on any atom is -0.487 e. The summed E-state index contributed by atoms with van der Waals surface area (Å²) in [6, 6.07) is 23.6. The van der Waals surface area contributed by atoms with E-state index in [-0.39, 0.29) is 13.2 Å². The topological polar surface area (TPSA) is 111 Å². The quantitative estimate of drug-likeness (QED) is 0.213. The second-order valence-electron chi connectivity index (χ2n) is 8.24. The summed E-state index contributed by atoms with van der Waals surface area (Å²) in [5, 5.41) is 8.88. The Hall–Kier alpha value is -4.79. The number of aromatic nitrogens is 1. The van der Waals surface area contributed by atoms with Crippen LogP contribution in [0.5, 0.6) is 11.5 Å². The van der Waals surface area contributed by atoms with Crippen LogP contribution in [0.4, 0.5) is 9.59 Å². The van der Waals surface area contributed by atoms with Crippen LogP contribution in [0.3, 0.4) is 0 Å². The Morgan fingerprint density at radius 1 is 0.919 bits per heavy atom.